The van der Waals surface area contributed by atoms with Crippen molar-refractivity contribution < 1.29 is 4.74 Å². The summed E-state index contributed by atoms with van der Waals surface area (Å²) in [5.41, 5.74) is 5.88. The number of hydrogen-bond donors (Lipinski definition) is 1. The lowest BCUT2D eigenvalue weighted by Crippen LogP contribution is -2.43. The number of aromatic nitrogens is 1. The molecule has 1 aromatic heterocycles. The van der Waals surface area contributed by atoms with Crippen molar-refractivity contribution in [3.05, 3.63) is 34.7 Å². The average Bonchev–Trinajstić information content (AvgIpc) is 2.36. The number of pyridine rings is 1. The van der Waals surface area contributed by atoms with Gasteiger partial charge in [-0.1, -0.05) is 19.9 Å². The molecular weight excluding hydrogens is 216 g/mol. The van der Waals surface area contributed by atoms with Crippen LogP contribution in [-0.2, 0) is 11.3 Å². The van der Waals surface area contributed by atoms with Gasteiger partial charge in [-0.25, -0.2) is 0 Å². The minimum atomic E-state index is -0.234. The molecule has 0 aromatic carbocycles. The summed E-state index contributed by atoms with van der Waals surface area (Å²) in [6.45, 7) is 5.76. The van der Waals surface area contributed by atoms with Crippen LogP contribution in [0.5, 0.6) is 0 Å². The Balaban J connectivity index is 2.34. The first-order chi connectivity index (χ1) is 8.11. The molecule has 0 spiro atoms. The van der Waals surface area contributed by atoms with Crippen LogP contribution in [0.2, 0.25) is 0 Å². The van der Waals surface area contributed by atoms with E-state index in [-0.39, 0.29) is 11.1 Å². The van der Waals surface area contributed by atoms with Crippen LogP contribution in [0, 0.1) is 0 Å². The van der Waals surface area contributed by atoms with E-state index in [9.17, 15) is 4.79 Å². The van der Waals surface area contributed by atoms with Gasteiger partial charge < -0.3 is 15.0 Å². The zero-order valence-electron chi connectivity index (χ0n) is 10.7. The van der Waals surface area contributed by atoms with Gasteiger partial charge in [-0.2, -0.15) is 0 Å². The van der Waals surface area contributed by atoms with Crippen molar-refractivity contribution in [3.8, 4) is 0 Å². The Morgan fingerprint density at radius 2 is 2.06 bits per heavy atom. The normalized spacial score (nSPS) is 11.7. The van der Waals surface area contributed by atoms with Crippen molar-refractivity contribution >= 4 is 0 Å². The Labute approximate surface area is 102 Å². The molecule has 4 nitrogen and oxygen atoms in total. The molecule has 0 radical (unpaired) electrons. The van der Waals surface area contributed by atoms with Crippen molar-refractivity contribution in [2.45, 2.75) is 38.8 Å². The van der Waals surface area contributed by atoms with Crippen LogP contribution >= 0.6 is 0 Å². The van der Waals surface area contributed by atoms with E-state index in [1.54, 1.807) is 22.9 Å². The average molecular weight is 238 g/mol. The monoisotopic (exact) mass is 238 g/mol. The summed E-state index contributed by atoms with van der Waals surface area (Å²) in [7, 11) is 0. The molecule has 0 unspecified atom stereocenters. The van der Waals surface area contributed by atoms with Crippen LogP contribution in [0.15, 0.2) is 29.2 Å². The van der Waals surface area contributed by atoms with Crippen LogP contribution in [0.1, 0.15) is 26.7 Å². The fourth-order valence-electron chi connectivity index (χ4n) is 1.54. The standard InChI is InChI=1S/C13H22N2O2/c1-3-13(14,4-2)11-17-10-9-15-8-6-5-7-12(15)16/h5-8H,3-4,9-11,14H2,1-2H3. The molecule has 0 saturated carbocycles. The fraction of sp³-hybridized carbons (Fsp3) is 0.615. The van der Waals surface area contributed by atoms with E-state index in [4.69, 9.17) is 10.5 Å². The second-order valence-corrected chi connectivity index (χ2v) is 4.35. The maximum Gasteiger partial charge on any atom is 0.250 e. The summed E-state index contributed by atoms with van der Waals surface area (Å²) >= 11 is 0. The Kier molecular flexibility index (Phi) is 5.38. The first kappa shape index (κ1) is 13.9. The SMILES string of the molecule is CCC(N)(CC)COCCn1ccccc1=O. The molecule has 1 heterocycles. The molecule has 96 valence electrons. The van der Waals surface area contributed by atoms with Gasteiger partial charge in [0.25, 0.3) is 5.56 Å². The van der Waals surface area contributed by atoms with Crippen molar-refractivity contribution in [1.82, 2.24) is 4.57 Å². The van der Waals surface area contributed by atoms with Crippen LogP contribution in [0.4, 0.5) is 0 Å². The summed E-state index contributed by atoms with van der Waals surface area (Å²) in [5, 5.41) is 0. The topological polar surface area (TPSA) is 57.2 Å². The van der Waals surface area contributed by atoms with Crippen LogP contribution < -0.4 is 11.3 Å². The third kappa shape index (κ3) is 4.32. The molecule has 0 aliphatic carbocycles. The Morgan fingerprint density at radius 3 is 2.65 bits per heavy atom. The van der Waals surface area contributed by atoms with Gasteiger partial charge in [0.1, 0.15) is 0 Å². The summed E-state index contributed by atoms with van der Waals surface area (Å²) in [5.74, 6) is 0. The minimum Gasteiger partial charge on any atom is -0.378 e. The van der Waals surface area contributed by atoms with E-state index in [2.05, 4.69) is 13.8 Å². The predicted molar refractivity (Wildman–Crippen MR) is 69.0 cm³/mol. The fourth-order valence-corrected chi connectivity index (χ4v) is 1.54. The van der Waals surface area contributed by atoms with Gasteiger partial charge in [-0.3, -0.25) is 4.79 Å². The van der Waals surface area contributed by atoms with E-state index in [1.807, 2.05) is 6.07 Å². The van der Waals surface area contributed by atoms with Crippen molar-refractivity contribution in [2.24, 2.45) is 5.73 Å². The highest BCUT2D eigenvalue weighted by molar-refractivity contribution is 4.93. The zero-order valence-corrected chi connectivity index (χ0v) is 10.7. The van der Waals surface area contributed by atoms with E-state index in [0.717, 1.165) is 12.8 Å². The number of rotatable bonds is 7. The molecule has 0 aliphatic rings. The van der Waals surface area contributed by atoms with Crippen LogP contribution in [-0.4, -0.2) is 23.3 Å². The number of hydrogen-bond acceptors (Lipinski definition) is 3. The summed E-state index contributed by atoms with van der Waals surface area (Å²) < 4.78 is 7.19. The van der Waals surface area contributed by atoms with E-state index < -0.39 is 0 Å². The molecule has 0 fully saturated rings. The molecule has 1 rings (SSSR count). The van der Waals surface area contributed by atoms with Gasteiger partial charge in [-0.05, 0) is 18.9 Å². The van der Waals surface area contributed by atoms with Crippen molar-refractivity contribution in [3.63, 3.8) is 0 Å². The number of ether oxygens (including phenoxy) is 1. The van der Waals surface area contributed by atoms with Gasteiger partial charge in [-0.15, -0.1) is 0 Å². The highest BCUT2D eigenvalue weighted by Crippen LogP contribution is 2.11. The Morgan fingerprint density at radius 1 is 1.35 bits per heavy atom. The summed E-state index contributed by atoms with van der Waals surface area (Å²) in [6.07, 6.45) is 3.56. The second-order valence-electron chi connectivity index (χ2n) is 4.35. The summed E-state index contributed by atoms with van der Waals surface area (Å²) in [6, 6.07) is 5.12. The third-order valence-electron chi connectivity index (χ3n) is 3.17. The first-order valence-electron chi connectivity index (χ1n) is 6.13. The smallest absolute Gasteiger partial charge is 0.250 e. The van der Waals surface area contributed by atoms with E-state index in [0.29, 0.717) is 19.8 Å². The second kappa shape index (κ2) is 6.57. The summed E-state index contributed by atoms with van der Waals surface area (Å²) in [4.78, 5) is 11.4. The molecule has 0 atom stereocenters. The van der Waals surface area contributed by atoms with Gasteiger partial charge in [0.2, 0.25) is 0 Å². The molecule has 1 aromatic rings. The minimum absolute atomic E-state index is 0.00101. The zero-order chi connectivity index (χ0) is 12.7. The quantitative estimate of drug-likeness (QED) is 0.730. The van der Waals surface area contributed by atoms with Gasteiger partial charge in [0, 0.05) is 24.3 Å². The highest BCUT2D eigenvalue weighted by Gasteiger charge is 2.19. The molecule has 0 amide bonds. The van der Waals surface area contributed by atoms with Crippen LogP contribution in [0.3, 0.4) is 0 Å². The molecule has 0 saturated heterocycles. The van der Waals surface area contributed by atoms with E-state index >= 15 is 0 Å². The first-order valence-corrected chi connectivity index (χ1v) is 6.13. The molecule has 0 bridgehead atoms. The Hall–Kier alpha value is -1.13. The molecule has 17 heavy (non-hydrogen) atoms. The molecule has 4 heteroatoms. The largest absolute Gasteiger partial charge is 0.378 e. The molecule has 0 aliphatic heterocycles. The lowest BCUT2D eigenvalue weighted by Gasteiger charge is -2.26. The maximum atomic E-state index is 11.4. The van der Waals surface area contributed by atoms with Crippen LogP contribution in [0.25, 0.3) is 0 Å². The van der Waals surface area contributed by atoms with Crippen molar-refractivity contribution in [2.75, 3.05) is 13.2 Å². The Bertz CT molecular complexity index is 383. The predicted octanol–water partition coefficient (Wildman–Crippen LogP) is 1.38. The third-order valence-corrected chi connectivity index (χ3v) is 3.17. The lowest BCUT2D eigenvalue weighted by atomic mass is 9.96. The number of nitrogens with two attached hydrogens (primary N) is 1. The number of nitrogens with zero attached hydrogens (tertiary/aromatic N) is 1. The highest BCUT2D eigenvalue weighted by atomic mass is 16.5. The lowest BCUT2D eigenvalue weighted by molar-refractivity contribution is 0.0752. The van der Waals surface area contributed by atoms with Gasteiger partial charge >= 0.3 is 0 Å². The molecule has 2 N–H and O–H groups in total. The maximum absolute atomic E-state index is 11.4. The molecular formula is C13H22N2O2. The van der Waals surface area contributed by atoms with Gasteiger partial charge in [0.05, 0.1) is 13.2 Å². The van der Waals surface area contributed by atoms with Gasteiger partial charge in [0.15, 0.2) is 0 Å². The van der Waals surface area contributed by atoms with E-state index in [1.165, 1.54) is 0 Å². The van der Waals surface area contributed by atoms with Crippen molar-refractivity contribution in [1.29, 1.82) is 0 Å².